The molecular weight excluding hydrogens is 258 g/mol. The van der Waals surface area contributed by atoms with E-state index in [0.29, 0.717) is 38.4 Å². The molecule has 6 heteroatoms. The minimum absolute atomic E-state index is 0.0348. The van der Waals surface area contributed by atoms with Crippen LogP contribution in [0.3, 0.4) is 0 Å². The lowest BCUT2D eigenvalue weighted by Crippen LogP contribution is -2.50. The minimum Gasteiger partial charge on any atom is -0.383 e. The predicted molar refractivity (Wildman–Crippen MR) is 76.8 cm³/mol. The van der Waals surface area contributed by atoms with Crippen molar-refractivity contribution in [3.05, 3.63) is 0 Å². The van der Waals surface area contributed by atoms with Crippen molar-refractivity contribution in [3.8, 4) is 0 Å². The second-order valence-electron chi connectivity index (χ2n) is 6.04. The van der Waals surface area contributed by atoms with Gasteiger partial charge >= 0.3 is 0 Å². The molecule has 1 heterocycles. The molecule has 0 unspecified atom stereocenters. The Morgan fingerprint density at radius 2 is 1.85 bits per heavy atom. The number of amides is 2. The van der Waals surface area contributed by atoms with Crippen LogP contribution in [0.4, 0.5) is 0 Å². The highest BCUT2D eigenvalue weighted by Crippen LogP contribution is 2.22. The zero-order valence-corrected chi connectivity index (χ0v) is 12.6. The summed E-state index contributed by atoms with van der Waals surface area (Å²) in [7, 11) is 0. The number of hydrogen-bond acceptors (Lipinski definition) is 4. The lowest BCUT2D eigenvalue weighted by Gasteiger charge is -2.36. The first-order valence-corrected chi connectivity index (χ1v) is 7.32. The quantitative estimate of drug-likeness (QED) is 0.624. The van der Waals surface area contributed by atoms with E-state index in [-0.39, 0.29) is 17.9 Å². The molecule has 0 aliphatic carbocycles. The van der Waals surface area contributed by atoms with Gasteiger partial charge < -0.3 is 16.2 Å². The second-order valence-corrected chi connectivity index (χ2v) is 6.04. The average Bonchev–Trinajstić information content (AvgIpc) is 2.43. The summed E-state index contributed by atoms with van der Waals surface area (Å²) < 4.78 is 0. The van der Waals surface area contributed by atoms with Crippen molar-refractivity contribution in [1.29, 1.82) is 0 Å². The maximum atomic E-state index is 12.0. The van der Waals surface area contributed by atoms with Gasteiger partial charge in [0.05, 0.1) is 6.04 Å². The number of primary amides is 1. The van der Waals surface area contributed by atoms with Gasteiger partial charge in [-0.15, -0.1) is 0 Å². The zero-order valence-electron chi connectivity index (χ0n) is 12.6. The maximum Gasteiger partial charge on any atom is 0.246 e. The molecule has 0 saturated carbocycles. The Morgan fingerprint density at radius 3 is 2.30 bits per heavy atom. The van der Waals surface area contributed by atoms with Crippen molar-refractivity contribution in [1.82, 2.24) is 10.2 Å². The van der Waals surface area contributed by atoms with E-state index in [0.717, 1.165) is 0 Å². The average molecular weight is 285 g/mol. The van der Waals surface area contributed by atoms with Crippen molar-refractivity contribution >= 4 is 11.8 Å². The van der Waals surface area contributed by atoms with Crippen LogP contribution in [0.1, 0.15) is 33.6 Å². The third kappa shape index (κ3) is 4.76. The fourth-order valence-electron chi connectivity index (χ4n) is 2.47. The number of carbonyl (C=O) groups is 2. The molecule has 20 heavy (non-hydrogen) atoms. The van der Waals surface area contributed by atoms with Crippen LogP contribution in [0.5, 0.6) is 0 Å². The number of nitrogens with two attached hydrogens (primary N) is 1. The summed E-state index contributed by atoms with van der Waals surface area (Å²) in [5.41, 5.74) is 5.11. The number of carbonyl (C=O) groups excluding carboxylic acids is 2. The molecular formula is C14H27N3O3. The second kappa shape index (κ2) is 7.59. The van der Waals surface area contributed by atoms with Crippen molar-refractivity contribution in [2.75, 3.05) is 19.6 Å². The molecule has 0 aromatic carbocycles. The smallest absolute Gasteiger partial charge is 0.246 e. The molecule has 2 atom stereocenters. The van der Waals surface area contributed by atoms with Crippen LogP contribution in [0.2, 0.25) is 0 Å². The van der Waals surface area contributed by atoms with Crippen LogP contribution in [0, 0.1) is 11.8 Å². The number of likely N-dealkylation sites (tertiary alicyclic amines) is 1. The van der Waals surface area contributed by atoms with Crippen LogP contribution in [-0.2, 0) is 9.59 Å². The van der Waals surface area contributed by atoms with Crippen molar-refractivity contribution in [2.45, 2.75) is 45.8 Å². The highest BCUT2D eigenvalue weighted by molar-refractivity contribution is 5.81. The van der Waals surface area contributed by atoms with Gasteiger partial charge in [-0.25, -0.2) is 0 Å². The Bertz CT molecular complexity index is 339. The fraction of sp³-hybridized carbons (Fsp3) is 0.857. The Labute approximate surface area is 120 Å². The molecule has 1 fully saturated rings. The highest BCUT2D eigenvalue weighted by Gasteiger charge is 2.31. The van der Waals surface area contributed by atoms with E-state index in [1.807, 2.05) is 6.92 Å². The van der Waals surface area contributed by atoms with Gasteiger partial charge in [0, 0.05) is 6.54 Å². The van der Waals surface area contributed by atoms with Crippen LogP contribution in [0.25, 0.3) is 0 Å². The molecule has 1 aliphatic heterocycles. The van der Waals surface area contributed by atoms with Gasteiger partial charge in [0.1, 0.15) is 6.10 Å². The third-order valence-electron chi connectivity index (χ3n) is 3.92. The lowest BCUT2D eigenvalue weighted by atomic mass is 9.90. The standard InChI is InChI=1S/C14H27N3O3/c1-9(2)8-16-14(20)10(3)17-6-4-11(5-7-17)12(18)13(15)19/h9-12,18H,4-8H2,1-3H3,(H2,15,19)(H,16,20)/t10-,12+/m1/s1. The Kier molecular flexibility index (Phi) is 6.42. The number of nitrogens with zero attached hydrogens (tertiary/aromatic N) is 1. The molecule has 116 valence electrons. The zero-order chi connectivity index (χ0) is 15.3. The number of nitrogens with one attached hydrogen (secondary N) is 1. The molecule has 1 aliphatic rings. The van der Waals surface area contributed by atoms with Crippen LogP contribution in [0.15, 0.2) is 0 Å². The SMILES string of the molecule is CC(C)CNC(=O)[C@@H](C)N1CCC([C@H](O)C(N)=O)CC1. The molecule has 0 spiro atoms. The predicted octanol–water partition coefficient (Wildman–Crippen LogP) is -0.295. The molecule has 6 nitrogen and oxygen atoms in total. The normalized spacial score (nSPS) is 20.6. The molecule has 1 saturated heterocycles. The molecule has 2 amide bonds. The van der Waals surface area contributed by atoms with E-state index in [1.165, 1.54) is 0 Å². The molecule has 4 N–H and O–H groups in total. The molecule has 0 aromatic heterocycles. The van der Waals surface area contributed by atoms with Gasteiger partial charge in [0.2, 0.25) is 11.8 Å². The first-order valence-electron chi connectivity index (χ1n) is 7.32. The van der Waals surface area contributed by atoms with Crippen LogP contribution in [-0.4, -0.2) is 53.6 Å². The number of rotatable bonds is 6. The van der Waals surface area contributed by atoms with Gasteiger partial charge in [-0.3, -0.25) is 14.5 Å². The van der Waals surface area contributed by atoms with Gasteiger partial charge in [0.25, 0.3) is 0 Å². The van der Waals surface area contributed by atoms with E-state index < -0.39 is 12.0 Å². The number of aliphatic hydroxyl groups excluding tert-OH is 1. The Hall–Kier alpha value is -1.14. The minimum atomic E-state index is -1.07. The topological polar surface area (TPSA) is 95.7 Å². The summed E-state index contributed by atoms with van der Waals surface area (Å²) >= 11 is 0. The number of aliphatic hydroxyl groups is 1. The van der Waals surface area contributed by atoms with Gasteiger partial charge in [-0.1, -0.05) is 13.8 Å². The summed E-state index contributed by atoms with van der Waals surface area (Å²) in [5.74, 6) is -0.281. The molecule has 1 rings (SSSR count). The fourth-order valence-corrected chi connectivity index (χ4v) is 2.47. The van der Waals surface area contributed by atoms with E-state index in [4.69, 9.17) is 5.73 Å². The molecule has 0 radical (unpaired) electrons. The van der Waals surface area contributed by atoms with Crippen LogP contribution < -0.4 is 11.1 Å². The first-order chi connectivity index (χ1) is 9.32. The lowest BCUT2D eigenvalue weighted by molar-refractivity contribution is -0.131. The summed E-state index contributed by atoms with van der Waals surface area (Å²) in [6.07, 6.45) is 0.305. The summed E-state index contributed by atoms with van der Waals surface area (Å²) in [5, 5.41) is 12.6. The summed E-state index contributed by atoms with van der Waals surface area (Å²) in [6, 6.07) is -0.180. The van der Waals surface area contributed by atoms with E-state index in [9.17, 15) is 14.7 Å². The van der Waals surface area contributed by atoms with Crippen molar-refractivity contribution < 1.29 is 14.7 Å². The molecule has 0 bridgehead atoms. The first kappa shape index (κ1) is 16.9. The van der Waals surface area contributed by atoms with Gasteiger partial charge in [0.15, 0.2) is 0 Å². The number of hydrogen-bond donors (Lipinski definition) is 3. The van der Waals surface area contributed by atoms with E-state index in [1.54, 1.807) is 0 Å². The van der Waals surface area contributed by atoms with E-state index >= 15 is 0 Å². The monoisotopic (exact) mass is 285 g/mol. The molecule has 0 aromatic rings. The Balaban J connectivity index is 2.40. The Morgan fingerprint density at radius 1 is 1.30 bits per heavy atom. The van der Waals surface area contributed by atoms with Crippen molar-refractivity contribution in [2.24, 2.45) is 17.6 Å². The van der Waals surface area contributed by atoms with Crippen molar-refractivity contribution in [3.63, 3.8) is 0 Å². The highest BCUT2D eigenvalue weighted by atomic mass is 16.3. The maximum absolute atomic E-state index is 12.0. The van der Waals surface area contributed by atoms with Gasteiger partial charge in [-0.2, -0.15) is 0 Å². The summed E-state index contributed by atoms with van der Waals surface area (Å²) in [6.45, 7) is 8.08. The van der Waals surface area contributed by atoms with E-state index in [2.05, 4.69) is 24.1 Å². The largest absolute Gasteiger partial charge is 0.383 e. The summed E-state index contributed by atoms with van der Waals surface area (Å²) in [4.78, 5) is 25.0. The third-order valence-corrected chi connectivity index (χ3v) is 3.92. The van der Waals surface area contributed by atoms with Gasteiger partial charge in [-0.05, 0) is 44.7 Å². The van der Waals surface area contributed by atoms with Crippen LogP contribution >= 0.6 is 0 Å². The number of piperidine rings is 1.